The molecule has 3 rings (SSSR count). The van der Waals surface area contributed by atoms with Crippen LogP contribution in [0, 0.1) is 27.3 Å². The molecule has 136 valence electrons. The summed E-state index contributed by atoms with van der Waals surface area (Å²) in [5.41, 5.74) is 1.04. The SMILES string of the molecule is CCOc1cc2ncc(C#N)c(Nc3ccc(F)c(Cl)c3)c2cc1[N+](=O)[O-]. The van der Waals surface area contributed by atoms with E-state index in [1.54, 1.807) is 6.92 Å². The van der Waals surface area contributed by atoms with Crippen LogP contribution >= 0.6 is 11.6 Å². The van der Waals surface area contributed by atoms with Gasteiger partial charge in [0.05, 0.1) is 33.3 Å². The third-order valence-corrected chi connectivity index (χ3v) is 4.04. The molecule has 0 saturated carbocycles. The van der Waals surface area contributed by atoms with E-state index in [-0.39, 0.29) is 28.6 Å². The lowest BCUT2D eigenvalue weighted by molar-refractivity contribution is -0.385. The molecule has 0 spiro atoms. The fraction of sp³-hybridized carbons (Fsp3) is 0.111. The van der Waals surface area contributed by atoms with Crippen LogP contribution in [0.5, 0.6) is 5.75 Å². The van der Waals surface area contributed by atoms with Crippen molar-refractivity contribution in [2.24, 2.45) is 0 Å². The molecule has 9 heteroatoms. The van der Waals surface area contributed by atoms with Crippen LogP contribution in [-0.2, 0) is 0 Å². The van der Waals surface area contributed by atoms with Crippen LogP contribution < -0.4 is 10.1 Å². The number of hydrogen-bond acceptors (Lipinski definition) is 6. The first-order valence-electron chi connectivity index (χ1n) is 7.80. The fourth-order valence-corrected chi connectivity index (χ4v) is 2.74. The Kier molecular flexibility index (Phi) is 5.05. The molecule has 0 aliphatic carbocycles. The van der Waals surface area contributed by atoms with Gasteiger partial charge in [0.1, 0.15) is 11.9 Å². The van der Waals surface area contributed by atoms with E-state index in [4.69, 9.17) is 16.3 Å². The first kappa shape index (κ1) is 18.4. The predicted molar refractivity (Wildman–Crippen MR) is 99.0 cm³/mol. The van der Waals surface area contributed by atoms with Gasteiger partial charge in [0.15, 0.2) is 5.75 Å². The van der Waals surface area contributed by atoms with Gasteiger partial charge in [-0.3, -0.25) is 15.1 Å². The maximum Gasteiger partial charge on any atom is 0.311 e. The average molecular weight is 387 g/mol. The second-order valence-corrected chi connectivity index (χ2v) is 5.85. The summed E-state index contributed by atoms with van der Waals surface area (Å²) in [6, 6.07) is 8.70. The van der Waals surface area contributed by atoms with Crippen LogP contribution in [0.25, 0.3) is 10.9 Å². The van der Waals surface area contributed by atoms with E-state index < -0.39 is 10.7 Å². The number of rotatable bonds is 5. The molecular weight excluding hydrogens is 375 g/mol. The molecule has 1 aromatic heterocycles. The molecule has 0 unspecified atom stereocenters. The highest BCUT2D eigenvalue weighted by molar-refractivity contribution is 6.31. The van der Waals surface area contributed by atoms with E-state index >= 15 is 0 Å². The molecule has 0 fully saturated rings. The number of nitrogens with zero attached hydrogens (tertiary/aromatic N) is 3. The first-order valence-corrected chi connectivity index (χ1v) is 8.18. The summed E-state index contributed by atoms with van der Waals surface area (Å²) in [7, 11) is 0. The van der Waals surface area contributed by atoms with Crippen LogP contribution in [0.1, 0.15) is 12.5 Å². The first-order chi connectivity index (χ1) is 12.9. The maximum atomic E-state index is 13.4. The van der Waals surface area contributed by atoms with Crippen molar-refractivity contribution in [2.45, 2.75) is 6.92 Å². The number of anilines is 2. The van der Waals surface area contributed by atoms with Crippen molar-refractivity contribution in [3.8, 4) is 11.8 Å². The summed E-state index contributed by atoms with van der Waals surface area (Å²) in [4.78, 5) is 15.0. The second kappa shape index (κ2) is 7.43. The van der Waals surface area contributed by atoms with Crippen LogP contribution in [0.2, 0.25) is 5.02 Å². The minimum atomic E-state index is -0.584. The average Bonchev–Trinajstić information content (AvgIpc) is 2.64. The quantitative estimate of drug-likeness (QED) is 0.491. The Bertz CT molecular complexity index is 1100. The van der Waals surface area contributed by atoms with Crippen molar-refractivity contribution in [1.82, 2.24) is 4.98 Å². The van der Waals surface area contributed by atoms with Gasteiger partial charge in [-0.1, -0.05) is 11.6 Å². The van der Waals surface area contributed by atoms with Gasteiger partial charge in [0.2, 0.25) is 0 Å². The molecule has 27 heavy (non-hydrogen) atoms. The molecule has 3 aromatic rings. The van der Waals surface area contributed by atoms with Crippen molar-refractivity contribution in [3.63, 3.8) is 0 Å². The third-order valence-electron chi connectivity index (χ3n) is 3.75. The topological polar surface area (TPSA) is 101 Å². The molecule has 0 aliphatic rings. The van der Waals surface area contributed by atoms with Crippen molar-refractivity contribution in [2.75, 3.05) is 11.9 Å². The molecule has 0 radical (unpaired) electrons. The van der Waals surface area contributed by atoms with Crippen molar-refractivity contribution in [3.05, 3.63) is 63.0 Å². The molecule has 0 saturated heterocycles. The molecule has 0 bridgehead atoms. The number of halogens is 2. The third kappa shape index (κ3) is 3.59. The minimum Gasteiger partial charge on any atom is -0.487 e. The van der Waals surface area contributed by atoms with E-state index in [0.717, 1.165) is 0 Å². The number of fused-ring (bicyclic) bond motifs is 1. The van der Waals surface area contributed by atoms with Gasteiger partial charge in [0.25, 0.3) is 0 Å². The molecular formula is C18H12ClFN4O3. The highest BCUT2D eigenvalue weighted by atomic mass is 35.5. The summed E-state index contributed by atoms with van der Waals surface area (Å²) < 4.78 is 18.7. The fourth-order valence-electron chi connectivity index (χ4n) is 2.56. The number of aromatic nitrogens is 1. The highest BCUT2D eigenvalue weighted by Crippen LogP contribution is 2.37. The summed E-state index contributed by atoms with van der Waals surface area (Å²) in [5.74, 6) is -0.498. The lowest BCUT2D eigenvalue weighted by atomic mass is 10.1. The van der Waals surface area contributed by atoms with Crippen LogP contribution in [-0.4, -0.2) is 16.5 Å². The van der Waals surface area contributed by atoms with Crippen molar-refractivity contribution in [1.29, 1.82) is 5.26 Å². The van der Waals surface area contributed by atoms with Crippen molar-refractivity contribution < 1.29 is 14.1 Å². The highest BCUT2D eigenvalue weighted by Gasteiger charge is 2.20. The molecule has 0 aliphatic heterocycles. The normalized spacial score (nSPS) is 10.4. The Morgan fingerprint density at radius 2 is 2.19 bits per heavy atom. The number of ether oxygens (including phenoxy) is 1. The van der Waals surface area contributed by atoms with E-state index in [1.807, 2.05) is 6.07 Å². The zero-order valence-electron chi connectivity index (χ0n) is 14.0. The largest absolute Gasteiger partial charge is 0.487 e. The minimum absolute atomic E-state index is 0.0861. The Balaban J connectivity index is 2.22. The number of nitrogens with one attached hydrogen (secondary N) is 1. The van der Waals surface area contributed by atoms with Crippen LogP contribution in [0.4, 0.5) is 21.5 Å². The Morgan fingerprint density at radius 1 is 1.41 bits per heavy atom. The van der Waals surface area contributed by atoms with E-state index in [9.17, 15) is 19.8 Å². The molecule has 0 atom stereocenters. The van der Waals surface area contributed by atoms with E-state index in [1.165, 1.54) is 36.5 Å². The zero-order valence-corrected chi connectivity index (χ0v) is 14.7. The van der Waals surface area contributed by atoms with E-state index in [2.05, 4.69) is 10.3 Å². The number of nitro benzene ring substituents is 1. The van der Waals surface area contributed by atoms with Crippen LogP contribution in [0.15, 0.2) is 36.5 Å². The molecule has 1 heterocycles. The number of nitro groups is 1. The maximum absolute atomic E-state index is 13.4. The summed E-state index contributed by atoms with van der Waals surface area (Å²) in [6.07, 6.45) is 1.34. The number of nitriles is 1. The van der Waals surface area contributed by atoms with Crippen LogP contribution in [0.3, 0.4) is 0 Å². The van der Waals surface area contributed by atoms with Gasteiger partial charge in [-0.05, 0) is 25.1 Å². The van der Waals surface area contributed by atoms with Crippen molar-refractivity contribution >= 4 is 39.6 Å². The lowest BCUT2D eigenvalue weighted by Gasteiger charge is -2.13. The molecule has 0 amide bonds. The summed E-state index contributed by atoms with van der Waals surface area (Å²) >= 11 is 5.80. The number of pyridine rings is 1. The standard InChI is InChI=1S/C18H12ClFN4O3/c1-2-27-17-7-15-12(6-16(17)24(25)26)18(10(8-21)9-22-15)23-11-3-4-14(20)13(19)5-11/h3-7,9H,2H2,1H3,(H,22,23). The zero-order chi connectivity index (χ0) is 19.6. The monoisotopic (exact) mass is 386 g/mol. The second-order valence-electron chi connectivity index (χ2n) is 5.44. The molecule has 1 N–H and O–H groups in total. The summed E-state index contributed by atoms with van der Waals surface area (Å²) in [5, 5.41) is 24.0. The Hall–Kier alpha value is -3.44. The van der Waals surface area contributed by atoms with E-state index in [0.29, 0.717) is 22.3 Å². The number of hydrogen-bond donors (Lipinski definition) is 1. The van der Waals surface area contributed by atoms with Gasteiger partial charge in [-0.15, -0.1) is 0 Å². The lowest BCUT2D eigenvalue weighted by Crippen LogP contribution is -2.01. The number of benzene rings is 2. The Morgan fingerprint density at radius 3 is 2.81 bits per heavy atom. The smallest absolute Gasteiger partial charge is 0.311 e. The van der Waals surface area contributed by atoms with Gasteiger partial charge in [-0.25, -0.2) is 4.39 Å². The Labute approximate surface area is 158 Å². The van der Waals surface area contributed by atoms with Gasteiger partial charge >= 0.3 is 5.69 Å². The molecule has 2 aromatic carbocycles. The van der Waals surface area contributed by atoms with Gasteiger partial charge in [-0.2, -0.15) is 5.26 Å². The predicted octanol–water partition coefficient (Wildman–Crippen LogP) is 4.95. The summed E-state index contributed by atoms with van der Waals surface area (Å²) in [6.45, 7) is 1.97. The molecule has 7 nitrogen and oxygen atoms in total. The van der Waals surface area contributed by atoms with Gasteiger partial charge < -0.3 is 10.1 Å². The van der Waals surface area contributed by atoms with Gasteiger partial charge in [0, 0.05) is 29.4 Å².